The molecular formula is C20H26ClN5. The summed E-state index contributed by atoms with van der Waals surface area (Å²) in [6.45, 7) is 9.20. The molecule has 26 heavy (non-hydrogen) atoms. The van der Waals surface area contributed by atoms with Crippen LogP contribution >= 0.6 is 11.6 Å². The van der Waals surface area contributed by atoms with Crippen LogP contribution in [0.25, 0.3) is 0 Å². The van der Waals surface area contributed by atoms with Crippen molar-refractivity contribution in [2.45, 2.75) is 45.4 Å². The molecule has 0 saturated carbocycles. The topological polar surface area (TPSA) is 44.3 Å². The molecule has 2 aliphatic heterocycles. The maximum atomic E-state index is 6.27. The summed E-state index contributed by atoms with van der Waals surface area (Å²) in [5.74, 6) is 1.03. The van der Waals surface area contributed by atoms with Crippen molar-refractivity contribution in [3.8, 4) is 0 Å². The van der Waals surface area contributed by atoms with Gasteiger partial charge in [0.25, 0.3) is 0 Å². The highest BCUT2D eigenvalue weighted by molar-refractivity contribution is 6.28. The van der Waals surface area contributed by atoms with Crippen molar-refractivity contribution in [1.29, 1.82) is 0 Å². The second-order valence-electron chi connectivity index (χ2n) is 7.50. The molecule has 138 valence electrons. The van der Waals surface area contributed by atoms with Crippen LogP contribution in [0, 0.1) is 0 Å². The van der Waals surface area contributed by atoms with Crippen LogP contribution in [0.3, 0.4) is 0 Å². The Morgan fingerprint density at radius 1 is 1.19 bits per heavy atom. The van der Waals surface area contributed by atoms with Crippen molar-refractivity contribution in [2.75, 3.05) is 24.5 Å². The molecule has 6 heteroatoms. The minimum absolute atomic E-state index is 0.369. The first kappa shape index (κ1) is 17.7. The lowest BCUT2D eigenvalue weighted by molar-refractivity contribution is 0.242. The van der Waals surface area contributed by atoms with Gasteiger partial charge in [0.1, 0.15) is 5.82 Å². The Morgan fingerprint density at radius 3 is 2.81 bits per heavy atom. The second kappa shape index (κ2) is 7.51. The van der Waals surface area contributed by atoms with Crippen LogP contribution < -0.4 is 10.2 Å². The number of halogens is 1. The largest absolute Gasteiger partial charge is 0.351 e. The summed E-state index contributed by atoms with van der Waals surface area (Å²) in [4.78, 5) is 14.1. The fourth-order valence-corrected chi connectivity index (χ4v) is 4.14. The third-order valence-electron chi connectivity index (χ3n) is 5.38. The fraction of sp³-hybridized carbons (Fsp3) is 0.500. The number of benzene rings is 1. The van der Waals surface area contributed by atoms with E-state index >= 15 is 0 Å². The third kappa shape index (κ3) is 3.70. The summed E-state index contributed by atoms with van der Waals surface area (Å²) >= 11 is 6.27. The Morgan fingerprint density at radius 2 is 2.00 bits per heavy atom. The van der Waals surface area contributed by atoms with Crippen LogP contribution in [0.15, 0.2) is 30.3 Å². The van der Waals surface area contributed by atoms with E-state index in [0.717, 1.165) is 50.7 Å². The van der Waals surface area contributed by atoms with E-state index in [2.05, 4.69) is 69.3 Å². The molecule has 2 atom stereocenters. The van der Waals surface area contributed by atoms with Gasteiger partial charge in [-0.25, -0.2) is 9.97 Å². The minimum atomic E-state index is 0.369. The Kier molecular flexibility index (Phi) is 5.11. The zero-order valence-corrected chi connectivity index (χ0v) is 16.2. The lowest BCUT2D eigenvalue weighted by Crippen LogP contribution is -2.55. The molecule has 2 aliphatic rings. The Labute approximate surface area is 160 Å². The molecule has 0 aliphatic carbocycles. The van der Waals surface area contributed by atoms with Gasteiger partial charge in [-0.15, -0.1) is 0 Å². The first-order valence-electron chi connectivity index (χ1n) is 9.41. The molecule has 0 radical (unpaired) electrons. The molecule has 0 spiro atoms. The van der Waals surface area contributed by atoms with Gasteiger partial charge >= 0.3 is 0 Å². The lowest BCUT2D eigenvalue weighted by atomic mass is 10.0. The number of fused-ring (bicyclic) bond motifs is 1. The van der Waals surface area contributed by atoms with Crippen molar-refractivity contribution in [3.63, 3.8) is 0 Å². The number of hydrogen-bond donors (Lipinski definition) is 1. The van der Waals surface area contributed by atoms with Gasteiger partial charge in [-0.2, -0.15) is 0 Å². The Bertz CT molecular complexity index is 766. The molecule has 1 saturated heterocycles. The minimum Gasteiger partial charge on any atom is -0.351 e. The van der Waals surface area contributed by atoms with E-state index in [9.17, 15) is 0 Å². The quantitative estimate of drug-likeness (QED) is 0.840. The standard InChI is InChI=1S/C20H26ClN5/c1-14-11-26(15(2)10-22-14)19-17-13-25(12-16-6-4-3-5-7-16)9-8-18(17)23-20(21)24-19/h3-7,14-15,22H,8-13H2,1-2H3/t14-,15+/m1/s1. The van der Waals surface area contributed by atoms with Gasteiger partial charge in [0.15, 0.2) is 0 Å². The molecule has 4 rings (SSSR count). The molecule has 3 heterocycles. The van der Waals surface area contributed by atoms with Crippen molar-refractivity contribution < 1.29 is 0 Å². The first-order chi connectivity index (χ1) is 12.6. The summed E-state index contributed by atoms with van der Waals surface area (Å²) in [5, 5.41) is 3.91. The van der Waals surface area contributed by atoms with Crippen LogP contribution in [0.1, 0.15) is 30.7 Å². The number of rotatable bonds is 3. The second-order valence-corrected chi connectivity index (χ2v) is 7.84. The number of nitrogens with zero attached hydrogens (tertiary/aromatic N) is 4. The van der Waals surface area contributed by atoms with E-state index in [1.54, 1.807) is 0 Å². The highest BCUT2D eigenvalue weighted by Crippen LogP contribution is 2.30. The summed E-state index contributed by atoms with van der Waals surface area (Å²) in [6.07, 6.45) is 0.924. The molecule has 1 aromatic carbocycles. The normalized spacial score (nSPS) is 23.7. The average Bonchev–Trinajstić information content (AvgIpc) is 2.64. The van der Waals surface area contributed by atoms with Gasteiger partial charge in [-0.1, -0.05) is 30.3 Å². The highest BCUT2D eigenvalue weighted by atomic mass is 35.5. The van der Waals surface area contributed by atoms with Gasteiger partial charge in [0.05, 0.1) is 5.69 Å². The van der Waals surface area contributed by atoms with E-state index in [0.29, 0.717) is 17.4 Å². The van der Waals surface area contributed by atoms with Crippen LogP contribution in [-0.4, -0.2) is 46.6 Å². The monoisotopic (exact) mass is 371 g/mol. The van der Waals surface area contributed by atoms with E-state index < -0.39 is 0 Å². The molecule has 1 N–H and O–H groups in total. The lowest BCUT2D eigenvalue weighted by Gasteiger charge is -2.40. The van der Waals surface area contributed by atoms with Crippen molar-refractivity contribution in [3.05, 3.63) is 52.4 Å². The Balaban J connectivity index is 1.62. The maximum absolute atomic E-state index is 6.27. The van der Waals surface area contributed by atoms with Crippen molar-refractivity contribution in [1.82, 2.24) is 20.2 Å². The van der Waals surface area contributed by atoms with Gasteiger partial charge in [0, 0.05) is 56.8 Å². The van der Waals surface area contributed by atoms with Crippen molar-refractivity contribution >= 4 is 17.4 Å². The van der Waals surface area contributed by atoms with Crippen LogP contribution in [-0.2, 0) is 19.5 Å². The predicted octanol–water partition coefficient (Wildman–Crippen LogP) is 2.87. The van der Waals surface area contributed by atoms with Crippen LogP contribution in [0.2, 0.25) is 5.28 Å². The number of nitrogens with one attached hydrogen (secondary N) is 1. The number of aromatic nitrogens is 2. The molecule has 2 aromatic rings. The summed E-state index contributed by atoms with van der Waals surface area (Å²) in [6, 6.07) is 11.5. The molecular weight excluding hydrogens is 346 g/mol. The van der Waals surface area contributed by atoms with E-state index in [1.807, 2.05) is 0 Å². The number of piperazine rings is 1. The maximum Gasteiger partial charge on any atom is 0.224 e. The average molecular weight is 372 g/mol. The third-order valence-corrected chi connectivity index (χ3v) is 5.54. The van der Waals surface area contributed by atoms with Crippen LogP contribution in [0.4, 0.5) is 5.82 Å². The zero-order valence-electron chi connectivity index (χ0n) is 15.5. The van der Waals surface area contributed by atoms with Gasteiger partial charge in [-0.05, 0) is 31.0 Å². The van der Waals surface area contributed by atoms with Gasteiger partial charge < -0.3 is 10.2 Å². The van der Waals surface area contributed by atoms with E-state index in [-0.39, 0.29) is 0 Å². The molecule has 1 aromatic heterocycles. The zero-order chi connectivity index (χ0) is 18.1. The number of anilines is 1. The van der Waals surface area contributed by atoms with Crippen molar-refractivity contribution in [2.24, 2.45) is 0 Å². The van der Waals surface area contributed by atoms with Gasteiger partial charge in [-0.3, -0.25) is 4.90 Å². The number of hydrogen-bond acceptors (Lipinski definition) is 5. The molecule has 0 unspecified atom stereocenters. The molecule has 5 nitrogen and oxygen atoms in total. The van der Waals surface area contributed by atoms with Gasteiger partial charge in [0.2, 0.25) is 5.28 Å². The predicted molar refractivity (Wildman–Crippen MR) is 106 cm³/mol. The summed E-state index contributed by atoms with van der Waals surface area (Å²) in [5.41, 5.74) is 3.71. The first-order valence-corrected chi connectivity index (χ1v) is 9.79. The summed E-state index contributed by atoms with van der Waals surface area (Å²) in [7, 11) is 0. The van der Waals surface area contributed by atoms with E-state index in [1.165, 1.54) is 11.1 Å². The smallest absolute Gasteiger partial charge is 0.224 e. The van der Waals surface area contributed by atoms with E-state index in [4.69, 9.17) is 11.6 Å². The highest BCUT2D eigenvalue weighted by Gasteiger charge is 2.30. The summed E-state index contributed by atoms with van der Waals surface area (Å²) < 4.78 is 0. The molecule has 0 bridgehead atoms. The van der Waals surface area contributed by atoms with Crippen LogP contribution in [0.5, 0.6) is 0 Å². The Hall–Kier alpha value is -1.69. The SMILES string of the molecule is C[C@@H]1CN(c2nc(Cl)nc3c2CN(Cc2ccccc2)CC3)[C@@H](C)CN1. The fourth-order valence-electron chi connectivity index (χ4n) is 3.95. The molecule has 1 fully saturated rings. The molecule has 0 amide bonds.